The minimum absolute atomic E-state index is 0.0458. The summed E-state index contributed by atoms with van der Waals surface area (Å²) in [4.78, 5) is 13.9. The molecular formula is C20H21NO4. The third kappa shape index (κ3) is 3.13. The van der Waals surface area contributed by atoms with Gasteiger partial charge in [-0.1, -0.05) is 48.5 Å². The van der Waals surface area contributed by atoms with E-state index in [2.05, 4.69) is 24.3 Å². The summed E-state index contributed by atoms with van der Waals surface area (Å²) >= 11 is 0. The number of aliphatic hydroxyl groups is 1. The first-order valence-corrected chi connectivity index (χ1v) is 8.60. The van der Waals surface area contributed by atoms with Gasteiger partial charge in [0.2, 0.25) is 0 Å². The molecule has 2 aliphatic rings. The topological polar surface area (TPSA) is 59.0 Å². The maximum Gasteiger partial charge on any atom is 0.409 e. The summed E-state index contributed by atoms with van der Waals surface area (Å²) in [6.45, 7) is 1.65. The first kappa shape index (κ1) is 16.1. The van der Waals surface area contributed by atoms with Crippen molar-refractivity contribution in [3.05, 3.63) is 59.7 Å². The molecule has 1 unspecified atom stereocenters. The Labute approximate surface area is 146 Å². The fourth-order valence-electron chi connectivity index (χ4n) is 3.64. The summed E-state index contributed by atoms with van der Waals surface area (Å²) in [5.74, 6) is 0.0458. The number of carbonyl (C=O) groups is 1. The Morgan fingerprint density at radius 2 is 1.76 bits per heavy atom. The zero-order valence-corrected chi connectivity index (χ0v) is 13.9. The van der Waals surface area contributed by atoms with E-state index in [9.17, 15) is 9.90 Å². The lowest BCUT2D eigenvalue weighted by Crippen LogP contribution is -2.38. The molecule has 1 saturated heterocycles. The molecule has 2 aromatic rings. The van der Waals surface area contributed by atoms with Gasteiger partial charge >= 0.3 is 6.09 Å². The van der Waals surface area contributed by atoms with Crippen molar-refractivity contribution in [3.8, 4) is 11.1 Å². The van der Waals surface area contributed by atoms with Gasteiger partial charge in [0.05, 0.1) is 25.9 Å². The summed E-state index contributed by atoms with van der Waals surface area (Å²) in [7, 11) is 0. The third-order valence-electron chi connectivity index (χ3n) is 4.84. The van der Waals surface area contributed by atoms with Crippen molar-refractivity contribution < 1.29 is 19.4 Å². The number of benzene rings is 2. The van der Waals surface area contributed by atoms with Gasteiger partial charge in [-0.05, 0) is 22.3 Å². The van der Waals surface area contributed by atoms with Crippen molar-refractivity contribution in [2.45, 2.75) is 12.0 Å². The zero-order chi connectivity index (χ0) is 17.2. The number of hydrogen-bond donors (Lipinski definition) is 1. The van der Waals surface area contributed by atoms with Crippen LogP contribution in [0.4, 0.5) is 4.79 Å². The Bertz CT molecular complexity index is 730. The molecule has 1 aliphatic heterocycles. The van der Waals surface area contributed by atoms with Gasteiger partial charge < -0.3 is 19.5 Å². The van der Waals surface area contributed by atoms with Gasteiger partial charge in [-0.3, -0.25) is 0 Å². The number of rotatable bonds is 2. The molecule has 0 radical (unpaired) electrons. The highest BCUT2D eigenvalue weighted by Gasteiger charge is 2.30. The van der Waals surface area contributed by atoms with Crippen LogP contribution in [0.15, 0.2) is 48.5 Å². The lowest BCUT2D eigenvalue weighted by molar-refractivity contribution is 0.0541. The smallest absolute Gasteiger partial charge is 0.409 e. The molecule has 1 amide bonds. The van der Waals surface area contributed by atoms with Crippen LogP contribution in [0, 0.1) is 0 Å². The SMILES string of the molecule is O=C(OCC1c2ccccc2-c2ccccc21)N1CCOCC(O)C1. The predicted molar refractivity (Wildman–Crippen MR) is 93.5 cm³/mol. The number of nitrogens with zero attached hydrogens (tertiary/aromatic N) is 1. The van der Waals surface area contributed by atoms with Crippen LogP contribution in [-0.4, -0.2) is 55.1 Å². The van der Waals surface area contributed by atoms with E-state index < -0.39 is 12.2 Å². The van der Waals surface area contributed by atoms with Crippen LogP contribution in [0.2, 0.25) is 0 Å². The van der Waals surface area contributed by atoms with Gasteiger partial charge in [-0.15, -0.1) is 0 Å². The normalized spacial score (nSPS) is 19.9. The summed E-state index contributed by atoms with van der Waals surface area (Å²) in [5.41, 5.74) is 4.79. The first-order chi connectivity index (χ1) is 12.2. The van der Waals surface area contributed by atoms with Crippen molar-refractivity contribution >= 4 is 6.09 Å². The van der Waals surface area contributed by atoms with E-state index in [4.69, 9.17) is 9.47 Å². The maximum atomic E-state index is 12.4. The molecule has 2 aromatic carbocycles. The quantitative estimate of drug-likeness (QED) is 0.914. The van der Waals surface area contributed by atoms with E-state index >= 15 is 0 Å². The van der Waals surface area contributed by atoms with Crippen LogP contribution in [0.3, 0.4) is 0 Å². The van der Waals surface area contributed by atoms with Crippen LogP contribution < -0.4 is 0 Å². The van der Waals surface area contributed by atoms with Gasteiger partial charge in [0.25, 0.3) is 0 Å². The van der Waals surface area contributed by atoms with E-state index in [1.54, 1.807) is 0 Å². The van der Waals surface area contributed by atoms with Gasteiger partial charge in [0.1, 0.15) is 6.61 Å². The van der Waals surface area contributed by atoms with Crippen molar-refractivity contribution in [2.24, 2.45) is 0 Å². The molecule has 1 heterocycles. The van der Waals surface area contributed by atoms with Crippen LogP contribution in [-0.2, 0) is 9.47 Å². The number of ether oxygens (including phenoxy) is 2. The molecule has 0 spiro atoms. The van der Waals surface area contributed by atoms with E-state index in [1.165, 1.54) is 27.2 Å². The molecule has 5 heteroatoms. The van der Waals surface area contributed by atoms with Crippen molar-refractivity contribution in [1.82, 2.24) is 4.90 Å². The molecular weight excluding hydrogens is 318 g/mol. The van der Waals surface area contributed by atoms with Gasteiger partial charge in [0.15, 0.2) is 0 Å². The highest BCUT2D eigenvalue weighted by atomic mass is 16.6. The van der Waals surface area contributed by atoms with Crippen LogP contribution >= 0.6 is 0 Å². The number of fused-ring (bicyclic) bond motifs is 3. The minimum atomic E-state index is -0.664. The summed E-state index contributed by atoms with van der Waals surface area (Å²) < 4.78 is 10.9. The molecule has 1 aliphatic carbocycles. The molecule has 4 rings (SSSR count). The van der Waals surface area contributed by atoms with Crippen LogP contribution in [0.5, 0.6) is 0 Å². The first-order valence-electron chi connectivity index (χ1n) is 8.60. The van der Waals surface area contributed by atoms with Gasteiger partial charge in [-0.2, -0.15) is 0 Å². The minimum Gasteiger partial charge on any atom is -0.448 e. The Kier molecular flexibility index (Phi) is 4.42. The molecule has 5 nitrogen and oxygen atoms in total. The second-order valence-corrected chi connectivity index (χ2v) is 6.48. The number of hydrogen-bond acceptors (Lipinski definition) is 4. The molecule has 130 valence electrons. The van der Waals surface area contributed by atoms with Crippen LogP contribution in [0.1, 0.15) is 17.0 Å². The van der Waals surface area contributed by atoms with Crippen molar-refractivity contribution in [2.75, 3.05) is 32.9 Å². The molecule has 0 saturated carbocycles. The summed E-state index contributed by atoms with van der Waals surface area (Å²) in [5, 5.41) is 9.77. The fraction of sp³-hybridized carbons (Fsp3) is 0.350. The largest absolute Gasteiger partial charge is 0.448 e. The van der Waals surface area contributed by atoms with E-state index in [1.807, 2.05) is 24.3 Å². The van der Waals surface area contributed by atoms with Crippen LogP contribution in [0.25, 0.3) is 11.1 Å². The van der Waals surface area contributed by atoms with Gasteiger partial charge in [-0.25, -0.2) is 4.79 Å². The third-order valence-corrected chi connectivity index (χ3v) is 4.84. The van der Waals surface area contributed by atoms with E-state index in [-0.39, 0.29) is 19.1 Å². The number of aliphatic hydroxyl groups excluding tert-OH is 1. The molecule has 25 heavy (non-hydrogen) atoms. The molecule has 0 aromatic heterocycles. The summed E-state index contributed by atoms with van der Waals surface area (Å²) in [6.07, 6.45) is -1.06. The molecule has 1 atom stereocenters. The molecule has 1 N–H and O–H groups in total. The Hall–Kier alpha value is -2.37. The molecule has 1 fully saturated rings. The maximum absolute atomic E-state index is 12.4. The second kappa shape index (κ2) is 6.86. The monoisotopic (exact) mass is 339 g/mol. The Balaban J connectivity index is 1.50. The fourth-order valence-corrected chi connectivity index (χ4v) is 3.64. The number of β-amino-alcohol motifs (C(OH)–C–C–N with tert-alkyl or cyclic N) is 1. The average molecular weight is 339 g/mol. The lowest BCUT2D eigenvalue weighted by atomic mass is 9.98. The highest BCUT2D eigenvalue weighted by molar-refractivity contribution is 5.79. The average Bonchev–Trinajstić information content (AvgIpc) is 2.78. The zero-order valence-electron chi connectivity index (χ0n) is 13.9. The van der Waals surface area contributed by atoms with Gasteiger partial charge in [0, 0.05) is 12.5 Å². The molecule has 0 bridgehead atoms. The lowest BCUT2D eigenvalue weighted by Gasteiger charge is -2.22. The van der Waals surface area contributed by atoms with Crippen molar-refractivity contribution in [3.63, 3.8) is 0 Å². The number of carbonyl (C=O) groups excluding carboxylic acids is 1. The van der Waals surface area contributed by atoms with E-state index in [0.717, 1.165) is 0 Å². The Morgan fingerprint density at radius 1 is 1.12 bits per heavy atom. The highest BCUT2D eigenvalue weighted by Crippen LogP contribution is 2.44. The second-order valence-electron chi connectivity index (χ2n) is 6.48. The number of amides is 1. The van der Waals surface area contributed by atoms with Crippen molar-refractivity contribution in [1.29, 1.82) is 0 Å². The Morgan fingerprint density at radius 3 is 2.44 bits per heavy atom. The standard InChI is InChI=1S/C20H21NO4/c22-14-11-21(9-10-24-12-14)20(23)25-13-19-17-7-3-1-5-15(17)16-6-2-4-8-18(16)19/h1-8,14,19,22H,9-13H2. The predicted octanol–water partition coefficient (Wildman–Crippen LogP) is 2.63. The van der Waals surface area contributed by atoms with E-state index in [0.29, 0.717) is 19.8 Å². The summed E-state index contributed by atoms with van der Waals surface area (Å²) in [6, 6.07) is 16.5.